The van der Waals surface area contributed by atoms with Gasteiger partial charge in [0, 0.05) is 0 Å². The van der Waals surface area contributed by atoms with Crippen molar-refractivity contribution in [1.29, 1.82) is 0 Å². The minimum atomic E-state index is -0.483. The number of halogens is 1. The molecule has 0 fully saturated rings. The van der Waals surface area contributed by atoms with Gasteiger partial charge in [0.2, 0.25) is 4.11 Å². The highest BCUT2D eigenvalue weighted by Gasteiger charge is 2.08. The number of hydrogen-bond acceptors (Lipinski definition) is 2. The van der Waals surface area contributed by atoms with Gasteiger partial charge in [0.15, 0.2) is 0 Å². The number of benzene rings is 1. The molecule has 3 heteroatoms. The van der Waals surface area contributed by atoms with E-state index in [1.807, 2.05) is 52.9 Å². The number of hydrogen-bond donors (Lipinski definition) is 0. The summed E-state index contributed by atoms with van der Waals surface area (Å²) in [4.78, 5) is 11.3. The summed E-state index contributed by atoms with van der Waals surface area (Å²) in [5.41, 5.74) is 0.929. The van der Waals surface area contributed by atoms with Crippen molar-refractivity contribution in [2.24, 2.45) is 0 Å². The lowest BCUT2D eigenvalue weighted by Gasteiger charge is -2.05. The SMILES string of the molecule is C#CC(I)OC(=O)Cc1ccccc1. The lowest BCUT2D eigenvalue weighted by Crippen LogP contribution is -2.12. The van der Waals surface area contributed by atoms with E-state index in [2.05, 4.69) is 5.92 Å². The maximum atomic E-state index is 11.3. The van der Waals surface area contributed by atoms with E-state index in [0.717, 1.165) is 5.56 Å². The van der Waals surface area contributed by atoms with E-state index in [0.29, 0.717) is 0 Å². The first-order valence-corrected chi connectivity index (χ1v) is 5.30. The quantitative estimate of drug-likeness (QED) is 0.370. The molecule has 1 atom stereocenters. The molecule has 0 N–H and O–H groups in total. The second-order valence-corrected chi connectivity index (χ2v) is 3.77. The zero-order chi connectivity index (χ0) is 10.4. The molecule has 0 saturated heterocycles. The van der Waals surface area contributed by atoms with Crippen molar-refractivity contribution in [1.82, 2.24) is 0 Å². The first kappa shape index (κ1) is 11.1. The molecule has 1 rings (SSSR count). The summed E-state index contributed by atoms with van der Waals surface area (Å²) in [5, 5.41) is 0. The van der Waals surface area contributed by atoms with Gasteiger partial charge in [-0.15, -0.1) is 6.42 Å². The van der Waals surface area contributed by atoms with Crippen LogP contribution in [0.2, 0.25) is 0 Å². The Bertz CT molecular complexity index is 340. The van der Waals surface area contributed by atoms with Crippen molar-refractivity contribution >= 4 is 28.6 Å². The fraction of sp³-hybridized carbons (Fsp3) is 0.182. The zero-order valence-corrected chi connectivity index (χ0v) is 9.60. The number of rotatable bonds is 3. The van der Waals surface area contributed by atoms with Crippen LogP contribution in [-0.4, -0.2) is 10.1 Å². The van der Waals surface area contributed by atoms with Crippen LogP contribution >= 0.6 is 22.6 Å². The summed E-state index contributed by atoms with van der Waals surface area (Å²) < 4.78 is 4.43. The Kier molecular flexibility index (Phi) is 4.47. The van der Waals surface area contributed by atoms with Crippen molar-refractivity contribution in [3.8, 4) is 12.3 Å². The highest BCUT2D eigenvalue weighted by Crippen LogP contribution is 2.05. The Labute approximate surface area is 96.8 Å². The van der Waals surface area contributed by atoms with Gasteiger partial charge in [-0.3, -0.25) is 4.79 Å². The minimum absolute atomic E-state index is 0.266. The minimum Gasteiger partial charge on any atom is -0.439 e. The molecule has 0 aromatic heterocycles. The van der Waals surface area contributed by atoms with Crippen molar-refractivity contribution in [2.75, 3.05) is 0 Å². The number of carbonyl (C=O) groups excluding carboxylic acids is 1. The average molecular weight is 300 g/mol. The first-order valence-electron chi connectivity index (χ1n) is 4.06. The highest BCUT2D eigenvalue weighted by atomic mass is 127. The van der Waals surface area contributed by atoms with Crippen LogP contribution in [-0.2, 0) is 16.0 Å². The fourth-order valence-electron chi connectivity index (χ4n) is 0.954. The van der Waals surface area contributed by atoms with Gasteiger partial charge < -0.3 is 4.74 Å². The summed E-state index contributed by atoms with van der Waals surface area (Å²) in [6, 6.07) is 9.41. The molecule has 1 unspecified atom stereocenters. The summed E-state index contributed by atoms with van der Waals surface area (Å²) >= 11 is 1.88. The third kappa shape index (κ3) is 3.79. The van der Waals surface area contributed by atoms with E-state index >= 15 is 0 Å². The lowest BCUT2D eigenvalue weighted by molar-refractivity contribution is -0.142. The molecule has 0 saturated carbocycles. The van der Waals surface area contributed by atoms with Gasteiger partial charge in [-0.05, 0) is 28.2 Å². The van der Waals surface area contributed by atoms with E-state index in [9.17, 15) is 4.79 Å². The maximum Gasteiger partial charge on any atom is 0.312 e. The van der Waals surface area contributed by atoms with Crippen LogP contribution in [0.5, 0.6) is 0 Å². The van der Waals surface area contributed by atoms with Crippen LogP contribution in [0.25, 0.3) is 0 Å². The van der Waals surface area contributed by atoms with Crippen LogP contribution in [0.4, 0.5) is 0 Å². The Hall–Kier alpha value is -1.02. The van der Waals surface area contributed by atoms with Crippen LogP contribution in [0.1, 0.15) is 5.56 Å². The molecule has 0 aliphatic rings. The Balaban J connectivity index is 2.47. The smallest absolute Gasteiger partial charge is 0.312 e. The number of esters is 1. The molecule has 0 spiro atoms. The summed E-state index contributed by atoms with van der Waals surface area (Å²) in [5.74, 6) is 2.03. The van der Waals surface area contributed by atoms with E-state index in [1.165, 1.54) is 0 Å². The van der Waals surface area contributed by atoms with Crippen molar-refractivity contribution in [2.45, 2.75) is 10.5 Å². The predicted octanol–water partition coefficient (Wildman–Crippen LogP) is 2.17. The molecular formula is C11H9IO2. The van der Waals surface area contributed by atoms with E-state index in [1.54, 1.807) is 0 Å². The van der Waals surface area contributed by atoms with Gasteiger partial charge >= 0.3 is 5.97 Å². The number of terminal acetylenes is 1. The zero-order valence-electron chi connectivity index (χ0n) is 7.44. The molecule has 0 heterocycles. The normalized spacial score (nSPS) is 11.4. The van der Waals surface area contributed by atoms with Crippen LogP contribution in [0, 0.1) is 12.3 Å². The van der Waals surface area contributed by atoms with Gasteiger partial charge in [-0.1, -0.05) is 36.3 Å². The Morgan fingerprint density at radius 2 is 2.14 bits per heavy atom. The summed E-state index contributed by atoms with van der Waals surface area (Å²) in [7, 11) is 0. The van der Waals surface area contributed by atoms with Crippen LogP contribution in [0.15, 0.2) is 30.3 Å². The summed E-state index contributed by atoms with van der Waals surface area (Å²) in [6.07, 6.45) is 5.34. The molecule has 0 amide bonds. The first-order chi connectivity index (χ1) is 6.72. The molecular weight excluding hydrogens is 291 g/mol. The summed E-state index contributed by atoms with van der Waals surface area (Å²) in [6.45, 7) is 0. The lowest BCUT2D eigenvalue weighted by atomic mass is 10.2. The van der Waals surface area contributed by atoms with Crippen molar-refractivity contribution < 1.29 is 9.53 Å². The topological polar surface area (TPSA) is 26.3 Å². The number of carbonyl (C=O) groups is 1. The molecule has 0 aliphatic heterocycles. The maximum absolute atomic E-state index is 11.3. The third-order valence-electron chi connectivity index (χ3n) is 1.56. The number of ether oxygens (including phenoxy) is 1. The van der Waals surface area contributed by atoms with Crippen LogP contribution in [0.3, 0.4) is 0 Å². The van der Waals surface area contributed by atoms with Crippen molar-refractivity contribution in [3.63, 3.8) is 0 Å². The molecule has 0 aliphatic carbocycles. The molecule has 72 valence electrons. The number of alkyl halides is 1. The van der Waals surface area contributed by atoms with Gasteiger partial charge in [0.1, 0.15) is 0 Å². The molecule has 1 aromatic carbocycles. The van der Waals surface area contributed by atoms with E-state index in [4.69, 9.17) is 11.2 Å². The van der Waals surface area contributed by atoms with Crippen molar-refractivity contribution in [3.05, 3.63) is 35.9 Å². The van der Waals surface area contributed by atoms with Gasteiger partial charge in [-0.25, -0.2) is 0 Å². The largest absolute Gasteiger partial charge is 0.439 e. The monoisotopic (exact) mass is 300 g/mol. The molecule has 0 bridgehead atoms. The standard InChI is InChI=1S/C11H9IO2/c1-2-10(12)14-11(13)8-9-6-4-3-5-7-9/h1,3-7,10H,8H2. The van der Waals surface area contributed by atoms with Gasteiger partial charge in [0.05, 0.1) is 6.42 Å². The van der Waals surface area contributed by atoms with E-state index in [-0.39, 0.29) is 12.4 Å². The predicted molar refractivity (Wildman–Crippen MR) is 62.9 cm³/mol. The molecule has 2 nitrogen and oxygen atoms in total. The Morgan fingerprint density at radius 1 is 1.50 bits per heavy atom. The van der Waals surface area contributed by atoms with Gasteiger partial charge in [0.25, 0.3) is 0 Å². The van der Waals surface area contributed by atoms with Gasteiger partial charge in [-0.2, -0.15) is 0 Å². The molecule has 0 radical (unpaired) electrons. The molecule has 14 heavy (non-hydrogen) atoms. The molecule has 1 aromatic rings. The van der Waals surface area contributed by atoms with Crippen LogP contribution < -0.4 is 0 Å². The fourth-order valence-corrected chi connectivity index (χ4v) is 1.24. The third-order valence-corrected chi connectivity index (χ3v) is 2.17. The van der Waals surface area contributed by atoms with E-state index < -0.39 is 4.11 Å². The second kappa shape index (κ2) is 5.66. The second-order valence-electron chi connectivity index (χ2n) is 2.63. The average Bonchev–Trinajstić information content (AvgIpc) is 2.19. The highest BCUT2D eigenvalue weighted by molar-refractivity contribution is 14.1. The Morgan fingerprint density at radius 3 is 2.71 bits per heavy atom.